The molecule has 0 aliphatic heterocycles. The van der Waals surface area contributed by atoms with Gasteiger partial charge >= 0.3 is 0 Å². The second-order valence-corrected chi connectivity index (χ2v) is 6.10. The number of nitrogens with two attached hydrogens (primary N) is 1. The predicted octanol–water partition coefficient (Wildman–Crippen LogP) is 5.21. The molecule has 1 aromatic rings. The maximum absolute atomic E-state index is 5.94. The van der Waals surface area contributed by atoms with Gasteiger partial charge in [0.15, 0.2) is 0 Å². The summed E-state index contributed by atoms with van der Waals surface area (Å²) in [7, 11) is 0. The molecule has 3 heteroatoms. The van der Waals surface area contributed by atoms with Crippen LogP contribution in [0.1, 0.15) is 64.5 Å². The van der Waals surface area contributed by atoms with Gasteiger partial charge < -0.3 is 10.5 Å². The summed E-state index contributed by atoms with van der Waals surface area (Å²) in [6.07, 6.45) is 6.53. The molecule has 1 aromatic carbocycles. The molecule has 2 unspecified atom stereocenters. The molecule has 2 atom stereocenters. The molecule has 108 valence electrons. The maximum Gasteiger partial charge on any atom is 0.120 e. The van der Waals surface area contributed by atoms with E-state index in [2.05, 4.69) is 29.8 Å². The molecule has 0 saturated heterocycles. The molecule has 19 heavy (non-hydrogen) atoms. The number of unbranched alkanes of at least 4 members (excludes halogenated alkanes) is 3. The zero-order valence-electron chi connectivity index (χ0n) is 12.3. The van der Waals surface area contributed by atoms with E-state index < -0.39 is 0 Å². The summed E-state index contributed by atoms with van der Waals surface area (Å²) in [5, 5.41) is 0. The minimum absolute atomic E-state index is 0.0369. The zero-order chi connectivity index (χ0) is 14.3. The molecule has 0 aromatic heterocycles. The smallest absolute Gasteiger partial charge is 0.120 e. The summed E-state index contributed by atoms with van der Waals surface area (Å²) >= 11 is 3.55. The van der Waals surface area contributed by atoms with Crippen LogP contribution in [0.5, 0.6) is 5.75 Å². The lowest BCUT2D eigenvalue weighted by atomic mass is 10.1. The van der Waals surface area contributed by atoms with Gasteiger partial charge in [-0.25, -0.2) is 0 Å². The Bertz CT molecular complexity index is 379. The van der Waals surface area contributed by atoms with E-state index in [1.165, 1.54) is 25.7 Å². The number of rotatable bonds is 8. The Morgan fingerprint density at radius 3 is 2.53 bits per heavy atom. The van der Waals surface area contributed by atoms with E-state index in [1.807, 2.05) is 25.1 Å². The molecule has 0 saturated carbocycles. The molecular formula is C16H26BrNO. The fourth-order valence-electron chi connectivity index (χ4n) is 2.10. The standard InChI is InChI=1S/C16H26BrNO/c1-4-5-6-7-8-12(2)19-14-9-10-15(13(3)18)16(17)11-14/h9-13H,4-8,18H2,1-3H3. The normalized spacial score (nSPS) is 14.2. The molecule has 0 bridgehead atoms. The minimum atomic E-state index is 0.0369. The van der Waals surface area contributed by atoms with Gasteiger partial charge in [0.2, 0.25) is 0 Å². The van der Waals surface area contributed by atoms with Crippen LogP contribution in [0.3, 0.4) is 0 Å². The summed E-state index contributed by atoms with van der Waals surface area (Å²) in [4.78, 5) is 0. The number of hydrogen-bond donors (Lipinski definition) is 1. The van der Waals surface area contributed by atoms with Crippen LogP contribution in [0.15, 0.2) is 22.7 Å². The third kappa shape index (κ3) is 5.96. The van der Waals surface area contributed by atoms with Crippen molar-refractivity contribution in [1.29, 1.82) is 0 Å². The molecule has 2 nitrogen and oxygen atoms in total. The van der Waals surface area contributed by atoms with E-state index >= 15 is 0 Å². The lowest BCUT2D eigenvalue weighted by Crippen LogP contribution is -2.12. The first-order chi connectivity index (χ1) is 9.04. The SMILES string of the molecule is CCCCCCC(C)Oc1ccc(C(C)N)c(Br)c1. The molecule has 2 N–H and O–H groups in total. The highest BCUT2D eigenvalue weighted by Gasteiger charge is 2.08. The van der Waals surface area contributed by atoms with Crippen LogP contribution >= 0.6 is 15.9 Å². The molecule has 0 fully saturated rings. The average Bonchev–Trinajstić information content (AvgIpc) is 2.34. The lowest BCUT2D eigenvalue weighted by molar-refractivity contribution is 0.206. The summed E-state index contributed by atoms with van der Waals surface area (Å²) in [6, 6.07) is 6.09. The Morgan fingerprint density at radius 1 is 1.21 bits per heavy atom. The summed E-state index contributed by atoms with van der Waals surface area (Å²) < 4.78 is 6.97. The van der Waals surface area contributed by atoms with Crippen molar-refractivity contribution in [1.82, 2.24) is 0 Å². The third-order valence-electron chi connectivity index (χ3n) is 3.26. The summed E-state index contributed by atoms with van der Waals surface area (Å²) in [5.74, 6) is 0.916. The van der Waals surface area contributed by atoms with Gasteiger partial charge in [-0.2, -0.15) is 0 Å². The predicted molar refractivity (Wildman–Crippen MR) is 85.6 cm³/mol. The van der Waals surface area contributed by atoms with Crippen molar-refractivity contribution >= 4 is 15.9 Å². The van der Waals surface area contributed by atoms with Crippen molar-refractivity contribution in [2.75, 3.05) is 0 Å². The van der Waals surface area contributed by atoms with Gasteiger partial charge in [-0.15, -0.1) is 0 Å². The van der Waals surface area contributed by atoms with Gasteiger partial charge in [0, 0.05) is 10.5 Å². The second kappa shape index (κ2) is 8.60. The Morgan fingerprint density at radius 2 is 1.95 bits per heavy atom. The van der Waals surface area contributed by atoms with Gasteiger partial charge in [0.1, 0.15) is 5.75 Å². The van der Waals surface area contributed by atoms with Crippen molar-refractivity contribution in [3.05, 3.63) is 28.2 Å². The Labute approximate surface area is 125 Å². The van der Waals surface area contributed by atoms with E-state index in [9.17, 15) is 0 Å². The van der Waals surface area contributed by atoms with E-state index in [0.717, 1.165) is 22.2 Å². The molecule has 0 aliphatic carbocycles. The number of benzene rings is 1. The highest BCUT2D eigenvalue weighted by Crippen LogP contribution is 2.27. The highest BCUT2D eigenvalue weighted by atomic mass is 79.9. The van der Waals surface area contributed by atoms with Crippen molar-refractivity contribution < 1.29 is 4.74 Å². The van der Waals surface area contributed by atoms with Crippen LogP contribution in [0, 0.1) is 0 Å². The molecule has 0 heterocycles. The Hall–Kier alpha value is -0.540. The monoisotopic (exact) mass is 327 g/mol. The zero-order valence-corrected chi connectivity index (χ0v) is 13.9. The van der Waals surface area contributed by atoms with Crippen LogP contribution < -0.4 is 10.5 Å². The van der Waals surface area contributed by atoms with E-state index in [1.54, 1.807) is 0 Å². The summed E-state index contributed by atoms with van der Waals surface area (Å²) in [6.45, 7) is 6.35. The van der Waals surface area contributed by atoms with Gasteiger partial charge in [0.25, 0.3) is 0 Å². The van der Waals surface area contributed by atoms with Crippen molar-refractivity contribution in [3.8, 4) is 5.75 Å². The molecule has 0 radical (unpaired) electrons. The van der Waals surface area contributed by atoms with Gasteiger partial charge in [-0.05, 0) is 44.4 Å². The molecular weight excluding hydrogens is 302 g/mol. The Balaban J connectivity index is 2.46. The van der Waals surface area contributed by atoms with Crippen LogP contribution in [-0.2, 0) is 0 Å². The van der Waals surface area contributed by atoms with Crippen LogP contribution in [-0.4, -0.2) is 6.10 Å². The molecule has 0 aliphatic rings. The van der Waals surface area contributed by atoms with Crippen LogP contribution in [0.4, 0.5) is 0 Å². The van der Waals surface area contributed by atoms with Gasteiger partial charge in [-0.1, -0.05) is 48.2 Å². The quantitative estimate of drug-likeness (QED) is 0.665. The topological polar surface area (TPSA) is 35.2 Å². The van der Waals surface area contributed by atoms with Gasteiger partial charge in [0.05, 0.1) is 6.10 Å². The molecule has 0 amide bonds. The lowest BCUT2D eigenvalue weighted by Gasteiger charge is -2.16. The van der Waals surface area contributed by atoms with Crippen LogP contribution in [0.25, 0.3) is 0 Å². The fourth-order valence-corrected chi connectivity index (χ4v) is 2.82. The first-order valence-corrected chi connectivity index (χ1v) is 8.05. The molecule has 1 rings (SSSR count). The maximum atomic E-state index is 5.94. The Kier molecular flexibility index (Phi) is 7.47. The van der Waals surface area contributed by atoms with Crippen molar-refractivity contribution in [2.45, 2.75) is 65.0 Å². The van der Waals surface area contributed by atoms with Crippen LogP contribution in [0.2, 0.25) is 0 Å². The largest absolute Gasteiger partial charge is 0.491 e. The number of hydrogen-bond acceptors (Lipinski definition) is 2. The minimum Gasteiger partial charge on any atom is -0.491 e. The number of halogens is 1. The molecule has 0 spiro atoms. The second-order valence-electron chi connectivity index (χ2n) is 5.25. The van der Waals surface area contributed by atoms with Crippen molar-refractivity contribution in [2.24, 2.45) is 5.73 Å². The van der Waals surface area contributed by atoms with Gasteiger partial charge in [-0.3, -0.25) is 0 Å². The average molecular weight is 328 g/mol. The van der Waals surface area contributed by atoms with E-state index in [-0.39, 0.29) is 12.1 Å². The first-order valence-electron chi connectivity index (χ1n) is 7.26. The van der Waals surface area contributed by atoms with E-state index in [0.29, 0.717) is 0 Å². The summed E-state index contributed by atoms with van der Waals surface area (Å²) in [5.41, 5.74) is 7.00. The third-order valence-corrected chi connectivity index (χ3v) is 3.95. The van der Waals surface area contributed by atoms with E-state index in [4.69, 9.17) is 10.5 Å². The fraction of sp³-hybridized carbons (Fsp3) is 0.625. The highest BCUT2D eigenvalue weighted by molar-refractivity contribution is 9.10. The van der Waals surface area contributed by atoms with Crippen molar-refractivity contribution in [3.63, 3.8) is 0 Å². The number of ether oxygens (including phenoxy) is 1. The first kappa shape index (κ1) is 16.5.